The third-order valence-corrected chi connectivity index (χ3v) is 3.50. The van der Waals surface area contributed by atoms with Crippen molar-refractivity contribution in [3.63, 3.8) is 0 Å². The molecule has 0 spiro atoms. The Bertz CT molecular complexity index is 795. The molecule has 2 amide bonds. The first-order valence-electron chi connectivity index (χ1n) is 8.71. The van der Waals surface area contributed by atoms with Gasteiger partial charge in [0.15, 0.2) is 5.75 Å². The molecule has 0 heterocycles. The molecule has 0 bridgehead atoms. The van der Waals surface area contributed by atoms with E-state index in [2.05, 4.69) is 5.32 Å². The summed E-state index contributed by atoms with van der Waals surface area (Å²) in [5.74, 6) is 0.853. The highest BCUT2D eigenvalue weighted by Gasteiger charge is 2.21. The van der Waals surface area contributed by atoms with Gasteiger partial charge in [-0.3, -0.25) is 4.79 Å². The fraction of sp³-hybridized carbons (Fsp3) is 0.333. The fourth-order valence-electron chi connectivity index (χ4n) is 2.20. The van der Waals surface area contributed by atoms with Crippen LogP contribution in [0.15, 0.2) is 48.5 Å². The van der Waals surface area contributed by atoms with Crippen molar-refractivity contribution in [3.05, 3.63) is 54.1 Å². The molecule has 6 heteroatoms. The summed E-state index contributed by atoms with van der Waals surface area (Å²) in [5.41, 5.74) is 1.05. The molecule has 2 aromatic carbocycles. The molecule has 0 aliphatic carbocycles. The Morgan fingerprint density at radius 3 is 2.30 bits per heavy atom. The zero-order valence-electron chi connectivity index (χ0n) is 16.4. The number of rotatable bonds is 5. The van der Waals surface area contributed by atoms with Crippen molar-refractivity contribution in [1.29, 1.82) is 0 Å². The molecule has 2 rings (SSSR count). The molecule has 0 aromatic heterocycles. The van der Waals surface area contributed by atoms with E-state index >= 15 is 0 Å². The lowest BCUT2D eigenvalue weighted by atomic mass is 10.2. The van der Waals surface area contributed by atoms with Gasteiger partial charge in [-0.2, -0.15) is 0 Å². The number of nitrogens with one attached hydrogen (secondary N) is 1. The van der Waals surface area contributed by atoms with Gasteiger partial charge in [0, 0.05) is 7.05 Å². The van der Waals surface area contributed by atoms with Gasteiger partial charge >= 0.3 is 6.09 Å². The molecule has 0 unspecified atom stereocenters. The number of para-hydroxylation sites is 2. The quantitative estimate of drug-likeness (QED) is 0.836. The van der Waals surface area contributed by atoms with Crippen molar-refractivity contribution >= 4 is 17.7 Å². The standard InChI is InChI=1S/C21H26N2O4/c1-15-10-12-16(13-11-15)26-18-9-7-6-8-17(18)22-19(24)14-23(5)20(25)27-21(2,3)4/h6-13H,14H2,1-5H3,(H,22,24). The Hall–Kier alpha value is -3.02. The zero-order valence-corrected chi connectivity index (χ0v) is 16.4. The van der Waals surface area contributed by atoms with E-state index in [1.165, 1.54) is 11.9 Å². The van der Waals surface area contributed by atoms with Crippen molar-refractivity contribution in [1.82, 2.24) is 4.90 Å². The lowest BCUT2D eigenvalue weighted by molar-refractivity contribution is -0.117. The highest BCUT2D eigenvalue weighted by Crippen LogP contribution is 2.29. The predicted octanol–water partition coefficient (Wildman–Crippen LogP) is 4.59. The number of carbonyl (C=O) groups excluding carboxylic acids is 2. The fourth-order valence-corrected chi connectivity index (χ4v) is 2.20. The minimum atomic E-state index is -0.615. The van der Waals surface area contributed by atoms with Gasteiger partial charge in [-0.1, -0.05) is 29.8 Å². The largest absolute Gasteiger partial charge is 0.455 e. The average Bonchev–Trinajstić information content (AvgIpc) is 2.57. The summed E-state index contributed by atoms with van der Waals surface area (Å²) in [6, 6.07) is 14.8. The highest BCUT2D eigenvalue weighted by molar-refractivity contribution is 5.95. The topological polar surface area (TPSA) is 67.9 Å². The van der Waals surface area contributed by atoms with Crippen LogP contribution in [0.4, 0.5) is 10.5 Å². The number of carbonyl (C=O) groups is 2. The summed E-state index contributed by atoms with van der Waals surface area (Å²) >= 11 is 0. The number of benzene rings is 2. The summed E-state index contributed by atoms with van der Waals surface area (Å²) in [4.78, 5) is 25.5. The second-order valence-corrected chi connectivity index (χ2v) is 7.30. The second kappa shape index (κ2) is 8.58. The SMILES string of the molecule is Cc1ccc(Oc2ccccc2NC(=O)CN(C)C(=O)OC(C)(C)C)cc1. The number of aryl methyl sites for hydroxylation is 1. The molecular weight excluding hydrogens is 344 g/mol. The van der Waals surface area contributed by atoms with Gasteiger partial charge in [0.25, 0.3) is 0 Å². The van der Waals surface area contributed by atoms with E-state index in [9.17, 15) is 9.59 Å². The van der Waals surface area contributed by atoms with Crippen LogP contribution in [-0.4, -0.2) is 36.1 Å². The molecule has 6 nitrogen and oxygen atoms in total. The van der Waals surface area contributed by atoms with Gasteiger partial charge in [-0.05, 0) is 52.0 Å². The van der Waals surface area contributed by atoms with Gasteiger partial charge in [0.05, 0.1) is 5.69 Å². The lowest BCUT2D eigenvalue weighted by Gasteiger charge is -2.24. The molecule has 1 N–H and O–H groups in total. The van der Waals surface area contributed by atoms with Crippen molar-refractivity contribution in [2.24, 2.45) is 0 Å². The Morgan fingerprint density at radius 1 is 1.04 bits per heavy atom. The second-order valence-electron chi connectivity index (χ2n) is 7.30. The molecule has 2 aromatic rings. The van der Waals surface area contributed by atoms with Gasteiger partial charge < -0.3 is 19.7 Å². The number of anilines is 1. The van der Waals surface area contributed by atoms with E-state index in [4.69, 9.17) is 9.47 Å². The normalized spacial score (nSPS) is 10.9. The van der Waals surface area contributed by atoms with Crippen LogP contribution in [0.2, 0.25) is 0 Å². The molecule has 0 saturated carbocycles. The predicted molar refractivity (Wildman–Crippen MR) is 105 cm³/mol. The van der Waals surface area contributed by atoms with E-state index in [0.717, 1.165) is 5.56 Å². The van der Waals surface area contributed by atoms with Crippen LogP contribution < -0.4 is 10.1 Å². The Kier molecular flexibility index (Phi) is 6.45. The first-order valence-corrected chi connectivity index (χ1v) is 8.71. The van der Waals surface area contributed by atoms with E-state index < -0.39 is 11.7 Å². The molecule has 0 atom stereocenters. The first-order chi connectivity index (χ1) is 12.6. The monoisotopic (exact) mass is 370 g/mol. The maximum absolute atomic E-state index is 12.3. The molecule has 0 fully saturated rings. The summed E-state index contributed by atoms with van der Waals surface area (Å²) in [6.45, 7) is 7.19. The molecule has 27 heavy (non-hydrogen) atoms. The van der Waals surface area contributed by atoms with E-state index in [0.29, 0.717) is 17.2 Å². The van der Waals surface area contributed by atoms with E-state index in [1.54, 1.807) is 39.0 Å². The Labute approximate surface area is 160 Å². The number of ether oxygens (including phenoxy) is 2. The summed E-state index contributed by atoms with van der Waals surface area (Å²) < 4.78 is 11.1. The Balaban J connectivity index is 2.01. The van der Waals surface area contributed by atoms with Crippen LogP contribution >= 0.6 is 0 Å². The van der Waals surface area contributed by atoms with Gasteiger partial charge in [-0.25, -0.2) is 4.79 Å². The highest BCUT2D eigenvalue weighted by atomic mass is 16.6. The van der Waals surface area contributed by atoms with Crippen LogP contribution in [0.3, 0.4) is 0 Å². The zero-order chi connectivity index (χ0) is 20.0. The molecule has 0 aliphatic rings. The summed E-state index contributed by atoms with van der Waals surface area (Å²) in [5, 5.41) is 2.78. The number of amides is 2. The maximum Gasteiger partial charge on any atom is 0.410 e. The van der Waals surface area contributed by atoms with Crippen molar-refractivity contribution < 1.29 is 19.1 Å². The number of hydrogen-bond acceptors (Lipinski definition) is 4. The average molecular weight is 370 g/mol. The van der Waals surface area contributed by atoms with E-state index in [1.807, 2.05) is 37.3 Å². The number of hydrogen-bond donors (Lipinski definition) is 1. The molecule has 144 valence electrons. The molecule has 0 radical (unpaired) electrons. The van der Waals surface area contributed by atoms with Crippen LogP contribution in [0.1, 0.15) is 26.3 Å². The van der Waals surface area contributed by atoms with Gasteiger partial charge in [-0.15, -0.1) is 0 Å². The van der Waals surface area contributed by atoms with Crippen molar-refractivity contribution in [2.45, 2.75) is 33.3 Å². The van der Waals surface area contributed by atoms with Crippen LogP contribution in [0, 0.1) is 6.92 Å². The van der Waals surface area contributed by atoms with E-state index in [-0.39, 0.29) is 12.5 Å². The van der Waals surface area contributed by atoms with Crippen LogP contribution in [0.5, 0.6) is 11.5 Å². The minimum Gasteiger partial charge on any atom is -0.455 e. The van der Waals surface area contributed by atoms with Gasteiger partial charge in [0.1, 0.15) is 17.9 Å². The van der Waals surface area contributed by atoms with Gasteiger partial charge in [0.2, 0.25) is 5.91 Å². The van der Waals surface area contributed by atoms with Crippen molar-refractivity contribution in [2.75, 3.05) is 18.9 Å². The Morgan fingerprint density at radius 2 is 1.67 bits per heavy atom. The maximum atomic E-state index is 12.3. The lowest BCUT2D eigenvalue weighted by Crippen LogP contribution is -2.38. The molecule has 0 aliphatic heterocycles. The van der Waals surface area contributed by atoms with Crippen LogP contribution in [-0.2, 0) is 9.53 Å². The first kappa shape index (κ1) is 20.3. The summed E-state index contributed by atoms with van der Waals surface area (Å²) in [7, 11) is 1.52. The minimum absolute atomic E-state index is 0.131. The third-order valence-electron chi connectivity index (χ3n) is 3.50. The third kappa shape index (κ3) is 6.66. The smallest absolute Gasteiger partial charge is 0.410 e. The van der Waals surface area contributed by atoms with Crippen LogP contribution in [0.25, 0.3) is 0 Å². The number of likely N-dealkylation sites (N-methyl/N-ethyl adjacent to an activating group) is 1. The summed E-state index contributed by atoms with van der Waals surface area (Å²) in [6.07, 6.45) is -0.554. The molecule has 0 saturated heterocycles. The number of nitrogens with zero attached hydrogens (tertiary/aromatic N) is 1. The van der Waals surface area contributed by atoms with Crippen molar-refractivity contribution in [3.8, 4) is 11.5 Å². The molecular formula is C21H26N2O4.